The predicted octanol–water partition coefficient (Wildman–Crippen LogP) is 1.61. The fourth-order valence-corrected chi connectivity index (χ4v) is 2.82. The lowest BCUT2D eigenvalue weighted by atomic mass is 9.76. The summed E-state index contributed by atoms with van der Waals surface area (Å²) in [7, 11) is 0. The number of amides is 1. The van der Waals surface area contributed by atoms with E-state index in [0.717, 1.165) is 12.8 Å². The quantitative estimate of drug-likeness (QED) is 0.768. The van der Waals surface area contributed by atoms with Crippen LogP contribution in [-0.2, 0) is 9.59 Å². The largest absolute Gasteiger partial charge is 0.481 e. The van der Waals surface area contributed by atoms with Crippen LogP contribution in [0.15, 0.2) is 0 Å². The normalized spacial score (nSPS) is 25.1. The Bertz CT molecular complexity index is 327. The summed E-state index contributed by atoms with van der Waals surface area (Å²) in [6, 6.07) is 0.00798. The lowest BCUT2D eigenvalue weighted by molar-refractivity contribution is -0.155. The number of carboxylic acid groups (broad SMARTS) is 1. The molecule has 5 nitrogen and oxygen atoms in total. The summed E-state index contributed by atoms with van der Waals surface area (Å²) in [6.07, 6.45) is 3.99. The van der Waals surface area contributed by atoms with Crippen molar-refractivity contribution in [3.05, 3.63) is 0 Å². The second kappa shape index (κ2) is 6.89. The molecular formula is C14H26N2O3. The lowest BCUT2D eigenvalue weighted by Crippen LogP contribution is -2.50. The number of rotatable bonds is 6. The van der Waals surface area contributed by atoms with Crippen LogP contribution in [-0.4, -0.2) is 41.0 Å². The van der Waals surface area contributed by atoms with E-state index in [1.807, 2.05) is 13.8 Å². The maximum atomic E-state index is 12.1. The Labute approximate surface area is 115 Å². The van der Waals surface area contributed by atoms with Gasteiger partial charge in [0.05, 0.1) is 5.41 Å². The third-order valence-electron chi connectivity index (χ3n) is 3.93. The molecule has 0 saturated carbocycles. The zero-order valence-electron chi connectivity index (χ0n) is 12.0. The van der Waals surface area contributed by atoms with Gasteiger partial charge in [0.2, 0.25) is 5.91 Å². The van der Waals surface area contributed by atoms with E-state index >= 15 is 0 Å². The molecule has 1 rings (SSSR count). The Kier molecular flexibility index (Phi) is 5.79. The summed E-state index contributed by atoms with van der Waals surface area (Å²) >= 11 is 0. The number of likely N-dealkylation sites (tertiary alicyclic amines) is 1. The van der Waals surface area contributed by atoms with Crippen LogP contribution in [0.4, 0.5) is 0 Å². The van der Waals surface area contributed by atoms with Gasteiger partial charge in [0.25, 0.3) is 0 Å². The first-order valence-corrected chi connectivity index (χ1v) is 7.18. The molecule has 1 amide bonds. The second-order valence-corrected chi connectivity index (χ2v) is 5.77. The van der Waals surface area contributed by atoms with E-state index in [-0.39, 0.29) is 11.9 Å². The molecule has 0 radical (unpaired) electrons. The minimum Gasteiger partial charge on any atom is -0.481 e. The van der Waals surface area contributed by atoms with Gasteiger partial charge in [-0.3, -0.25) is 9.59 Å². The summed E-state index contributed by atoms with van der Waals surface area (Å²) in [6.45, 7) is 4.90. The van der Waals surface area contributed by atoms with Crippen molar-refractivity contribution in [2.45, 2.75) is 58.4 Å². The first-order chi connectivity index (χ1) is 8.91. The Morgan fingerprint density at radius 2 is 2.16 bits per heavy atom. The Balaban J connectivity index is 2.66. The number of aliphatic carboxylic acids is 1. The van der Waals surface area contributed by atoms with Gasteiger partial charge in [-0.25, -0.2) is 0 Å². The molecule has 0 bridgehead atoms. The first-order valence-electron chi connectivity index (χ1n) is 7.18. The summed E-state index contributed by atoms with van der Waals surface area (Å²) in [5, 5.41) is 9.48. The van der Waals surface area contributed by atoms with E-state index in [1.165, 1.54) is 0 Å². The average Bonchev–Trinajstić information content (AvgIpc) is 2.36. The van der Waals surface area contributed by atoms with Crippen LogP contribution in [0.5, 0.6) is 0 Å². The van der Waals surface area contributed by atoms with Crippen LogP contribution in [0.2, 0.25) is 0 Å². The third kappa shape index (κ3) is 4.20. The van der Waals surface area contributed by atoms with Crippen molar-refractivity contribution in [1.29, 1.82) is 0 Å². The molecule has 0 aliphatic carbocycles. The molecule has 5 heteroatoms. The summed E-state index contributed by atoms with van der Waals surface area (Å²) in [5.41, 5.74) is 4.92. The van der Waals surface area contributed by atoms with Gasteiger partial charge in [-0.2, -0.15) is 0 Å². The van der Waals surface area contributed by atoms with Gasteiger partial charge < -0.3 is 15.7 Å². The van der Waals surface area contributed by atoms with Gasteiger partial charge in [-0.15, -0.1) is 0 Å². The van der Waals surface area contributed by atoms with Gasteiger partial charge in [0, 0.05) is 25.6 Å². The highest BCUT2D eigenvalue weighted by atomic mass is 16.4. The van der Waals surface area contributed by atoms with Crippen LogP contribution in [0.25, 0.3) is 0 Å². The van der Waals surface area contributed by atoms with Crippen LogP contribution < -0.4 is 5.73 Å². The molecule has 2 unspecified atom stereocenters. The minimum atomic E-state index is -0.765. The van der Waals surface area contributed by atoms with Gasteiger partial charge in [-0.1, -0.05) is 13.3 Å². The van der Waals surface area contributed by atoms with Crippen LogP contribution >= 0.6 is 0 Å². The molecule has 0 aromatic heterocycles. The number of hydrogen-bond acceptors (Lipinski definition) is 3. The van der Waals surface area contributed by atoms with Crippen molar-refractivity contribution < 1.29 is 14.7 Å². The van der Waals surface area contributed by atoms with Crippen molar-refractivity contribution >= 4 is 11.9 Å². The lowest BCUT2D eigenvalue weighted by Gasteiger charge is -2.40. The van der Waals surface area contributed by atoms with Crippen molar-refractivity contribution in [2.24, 2.45) is 11.1 Å². The predicted molar refractivity (Wildman–Crippen MR) is 73.7 cm³/mol. The van der Waals surface area contributed by atoms with E-state index in [9.17, 15) is 14.7 Å². The topological polar surface area (TPSA) is 83.6 Å². The van der Waals surface area contributed by atoms with E-state index in [4.69, 9.17) is 5.73 Å². The van der Waals surface area contributed by atoms with E-state index in [1.54, 1.807) is 4.90 Å². The van der Waals surface area contributed by atoms with Crippen LogP contribution in [0.3, 0.4) is 0 Å². The highest BCUT2D eigenvalue weighted by molar-refractivity contribution is 5.79. The maximum Gasteiger partial charge on any atom is 0.311 e. The summed E-state index contributed by atoms with van der Waals surface area (Å²) in [5.74, 6) is -0.724. The van der Waals surface area contributed by atoms with Gasteiger partial charge in [0.1, 0.15) is 0 Å². The number of nitrogens with zero attached hydrogens (tertiary/aromatic N) is 1. The van der Waals surface area contributed by atoms with Crippen molar-refractivity contribution in [3.63, 3.8) is 0 Å². The van der Waals surface area contributed by atoms with E-state index < -0.39 is 11.4 Å². The SMILES string of the molecule is CCCC1(C(=O)O)CCCN(C(=O)CCC(C)N)C1. The fraction of sp³-hybridized carbons (Fsp3) is 0.857. The number of carbonyl (C=O) groups excluding carboxylic acids is 1. The molecular weight excluding hydrogens is 244 g/mol. The molecule has 1 aliphatic heterocycles. The standard InChI is InChI=1S/C14H26N2O3/c1-3-7-14(13(18)19)8-4-9-16(10-14)12(17)6-5-11(2)15/h11H,3-10,15H2,1-2H3,(H,18,19). The molecule has 3 N–H and O–H groups in total. The Hall–Kier alpha value is -1.10. The highest BCUT2D eigenvalue weighted by Crippen LogP contribution is 2.35. The molecule has 19 heavy (non-hydrogen) atoms. The highest BCUT2D eigenvalue weighted by Gasteiger charge is 2.42. The molecule has 1 saturated heterocycles. The van der Waals surface area contributed by atoms with Gasteiger partial charge >= 0.3 is 5.97 Å². The number of carboxylic acids is 1. The molecule has 1 aliphatic rings. The van der Waals surface area contributed by atoms with Gasteiger partial charge in [-0.05, 0) is 32.6 Å². The van der Waals surface area contributed by atoms with Crippen molar-refractivity contribution in [3.8, 4) is 0 Å². The molecule has 1 heterocycles. The zero-order valence-corrected chi connectivity index (χ0v) is 12.0. The molecule has 110 valence electrons. The number of hydrogen-bond donors (Lipinski definition) is 2. The minimum absolute atomic E-state index is 0.00798. The van der Waals surface area contributed by atoms with Crippen molar-refractivity contribution in [1.82, 2.24) is 4.90 Å². The fourth-order valence-electron chi connectivity index (χ4n) is 2.82. The van der Waals surface area contributed by atoms with E-state index in [0.29, 0.717) is 38.8 Å². The number of nitrogens with two attached hydrogens (primary N) is 1. The maximum absolute atomic E-state index is 12.1. The molecule has 1 fully saturated rings. The Morgan fingerprint density at radius 3 is 2.68 bits per heavy atom. The van der Waals surface area contributed by atoms with Crippen LogP contribution in [0, 0.1) is 5.41 Å². The smallest absolute Gasteiger partial charge is 0.311 e. The van der Waals surface area contributed by atoms with Gasteiger partial charge in [0.15, 0.2) is 0 Å². The molecule has 0 spiro atoms. The number of piperidine rings is 1. The molecule has 0 aromatic rings. The zero-order chi connectivity index (χ0) is 14.5. The first kappa shape index (κ1) is 16.0. The van der Waals surface area contributed by atoms with Crippen molar-refractivity contribution in [2.75, 3.05) is 13.1 Å². The molecule has 2 atom stereocenters. The summed E-state index contributed by atoms with van der Waals surface area (Å²) < 4.78 is 0. The average molecular weight is 270 g/mol. The monoisotopic (exact) mass is 270 g/mol. The van der Waals surface area contributed by atoms with Crippen LogP contribution in [0.1, 0.15) is 52.4 Å². The van der Waals surface area contributed by atoms with E-state index in [2.05, 4.69) is 0 Å². The summed E-state index contributed by atoms with van der Waals surface area (Å²) in [4.78, 5) is 25.4. The third-order valence-corrected chi connectivity index (χ3v) is 3.93. The Morgan fingerprint density at radius 1 is 1.47 bits per heavy atom. The molecule has 0 aromatic carbocycles. The second-order valence-electron chi connectivity index (χ2n) is 5.77. The number of carbonyl (C=O) groups is 2.